The summed E-state index contributed by atoms with van der Waals surface area (Å²) in [5, 5.41) is 2.83. The van der Waals surface area contributed by atoms with Crippen molar-refractivity contribution in [2.45, 2.75) is 19.3 Å². The first-order valence-corrected chi connectivity index (χ1v) is 7.89. The maximum atomic E-state index is 13.1. The number of nitrogens with one attached hydrogen (secondary N) is 1. The van der Waals surface area contributed by atoms with Crippen molar-refractivity contribution < 1.29 is 18.7 Å². The van der Waals surface area contributed by atoms with Crippen molar-refractivity contribution in [3.63, 3.8) is 0 Å². The van der Waals surface area contributed by atoms with Crippen molar-refractivity contribution in [2.24, 2.45) is 5.92 Å². The van der Waals surface area contributed by atoms with Gasteiger partial charge in [-0.2, -0.15) is 0 Å². The van der Waals surface area contributed by atoms with E-state index in [2.05, 4.69) is 5.32 Å². The average Bonchev–Trinajstić information content (AvgIpc) is 2.55. The Hall–Kier alpha value is -1.95. The Morgan fingerprint density at radius 2 is 2.09 bits per heavy atom. The zero-order valence-corrected chi connectivity index (χ0v) is 13.4. The number of hydrogen-bond acceptors (Lipinski definition) is 3. The summed E-state index contributed by atoms with van der Waals surface area (Å²) in [6, 6.07) is 6.10. The fraction of sp³-hybridized carbons (Fsp3) is 0.529. The predicted molar refractivity (Wildman–Crippen MR) is 84.3 cm³/mol. The number of halogens is 1. The SMILES string of the molecule is COCCNC(=O)C1CCN(C(=O)Cc2cccc(F)c2)CC1. The smallest absolute Gasteiger partial charge is 0.226 e. The molecule has 0 saturated carbocycles. The zero-order valence-electron chi connectivity index (χ0n) is 13.4. The van der Waals surface area contributed by atoms with Crippen LogP contribution in [0.3, 0.4) is 0 Å². The number of amides is 2. The molecule has 126 valence electrons. The summed E-state index contributed by atoms with van der Waals surface area (Å²) in [4.78, 5) is 26.0. The summed E-state index contributed by atoms with van der Waals surface area (Å²) in [5.74, 6) is -0.375. The molecule has 0 spiro atoms. The molecule has 1 N–H and O–H groups in total. The summed E-state index contributed by atoms with van der Waals surface area (Å²) in [6.45, 7) is 2.14. The lowest BCUT2D eigenvalue weighted by Crippen LogP contribution is -2.44. The van der Waals surface area contributed by atoms with Gasteiger partial charge in [-0.25, -0.2) is 4.39 Å². The Kier molecular flexibility index (Phi) is 6.52. The summed E-state index contributed by atoms with van der Waals surface area (Å²) in [5.41, 5.74) is 0.675. The number of methoxy groups -OCH3 is 1. The Labute approximate surface area is 135 Å². The molecule has 23 heavy (non-hydrogen) atoms. The highest BCUT2D eigenvalue weighted by Gasteiger charge is 2.27. The lowest BCUT2D eigenvalue weighted by molar-refractivity contribution is -0.135. The van der Waals surface area contributed by atoms with Crippen LogP contribution in [0.4, 0.5) is 4.39 Å². The third-order valence-corrected chi connectivity index (χ3v) is 4.07. The van der Waals surface area contributed by atoms with Crippen LogP contribution in [0.2, 0.25) is 0 Å². The van der Waals surface area contributed by atoms with E-state index in [0.717, 1.165) is 0 Å². The summed E-state index contributed by atoms with van der Waals surface area (Å²) < 4.78 is 18.0. The maximum Gasteiger partial charge on any atom is 0.226 e. The number of carbonyl (C=O) groups excluding carboxylic acids is 2. The van der Waals surface area contributed by atoms with E-state index in [1.165, 1.54) is 12.1 Å². The summed E-state index contributed by atoms with van der Waals surface area (Å²) in [7, 11) is 1.59. The van der Waals surface area contributed by atoms with E-state index in [1.54, 1.807) is 24.1 Å². The van der Waals surface area contributed by atoms with Crippen LogP contribution >= 0.6 is 0 Å². The maximum absolute atomic E-state index is 13.1. The number of benzene rings is 1. The van der Waals surface area contributed by atoms with Gasteiger partial charge >= 0.3 is 0 Å². The molecule has 1 heterocycles. The molecule has 1 aromatic carbocycles. The zero-order chi connectivity index (χ0) is 16.7. The number of piperidine rings is 1. The van der Waals surface area contributed by atoms with E-state index in [4.69, 9.17) is 4.74 Å². The van der Waals surface area contributed by atoms with Gasteiger partial charge in [0, 0.05) is 32.7 Å². The molecule has 1 aliphatic rings. The molecule has 0 unspecified atom stereocenters. The minimum atomic E-state index is -0.332. The van der Waals surface area contributed by atoms with Crippen LogP contribution in [0.1, 0.15) is 18.4 Å². The third kappa shape index (κ3) is 5.32. The number of nitrogens with zero attached hydrogens (tertiary/aromatic N) is 1. The molecule has 0 radical (unpaired) electrons. The van der Waals surface area contributed by atoms with Crippen molar-refractivity contribution in [3.8, 4) is 0 Å². The molecular formula is C17H23FN2O3. The van der Waals surface area contributed by atoms with Gasteiger partial charge in [-0.15, -0.1) is 0 Å². The lowest BCUT2D eigenvalue weighted by atomic mass is 9.95. The normalized spacial score (nSPS) is 15.5. The van der Waals surface area contributed by atoms with Crippen LogP contribution < -0.4 is 5.32 Å². The van der Waals surface area contributed by atoms with Crippen molar-refractivity contribution in [1.29, 1.82) is 0 Å². The Bertz CT molecular complexity index is 542. The molecular weight excluding hydrogens is 299 g/mol. The molecule has 1 saturated heterocycles. The van der Waals surface area contributed by atoms with Gasteiger partial charge in [-0.1, -0.05) is 12.1 Å². The molecule has 0 atom stereocenters. The van der Waals surface area contributed by atoms with Gasteiger partial charge in [0.25, 0.3) is 0 Å². The first-order chi connectivity index (χ1) is 11.1. The van der Waals surface area contributed by atoms with Crippen LogP contribution in [-0.2, 0) is 20.7 Å². The molecule has 0 aromatic heterocycles. The van der Waals surface area contributed by atoms with Gasteiger partial charge in [-0.05, 0) is 30.5 Å². The minimum Gasteiger partial charge on any atom is -0.383 e. The quantitative estimate of drug-likeness (QED) is 0.805. The Balaban J connectivity index is 1.77. The van der Waals surface area contributed by atoms with E-state index in [9.17, 15) is 14.0 Å². The number of carbonyl (C=O) groups is 2. The van der Waals surface area contributed by atoms with Gasteiger partial charge in [0.05, 0.1) is 13.0 Å². The van der Waals surface area contributed by atoms with Crippen LogP contribution in [0.5, 0.6) is 0 Å². The molecule has 1 aliphatic heterocycles. The van der Waals surface area contributed by atoms with Gasteiger partial charge in [-0.3, -0.25) is 9.59 Å². The molecule has 6 heteroatoms. The second kappa shape index (κ2) is 8.62. The van der Waals surface area contributed by atoms with Crippen LogP contribution in [-0.4, -0.2) is 50.1 Å². The monoisotopic (exact) mass is 322 g/mol. The molecule has 2 amide bonds. The van der Waals surface area contributed by atoms with E-state index >= 15 is 0 Å². The standard InChI is InChI=1S/C17H23FN2O3/c1-23-10-7-19-17(22)14-5-8-20(9-6-14)16(21)12-13-3-2-4-15(18)11-13/h2-4,11,14H,5-10,12H2,1H3,(H,19,22). The third-order valence-electron chi connectivity index (χ3n) is 4.07. The van der Waals surface area contributed by atoms with Crippen molar-refractivity contribution in [3.05, 3.63) is 35.6 Å². The minimum absolute atomic E-state index is 0.0196. The van der Waals surface area contributed by atoms with E-state index in [0.29, 0.717) is 44.6 Å². The molecule has 1 aromatic rings. The van der Waals surface area contributed by atoms with Crippen molar-refractivity contribution in [2.75, 3.05) is 33.4 Å². The predicted octanol–water partition coefficient (Wildman–Crippen LogP) is 1.37. The number of ether oxygens (including phenoxy) is 1. The Morgan fingerprint density at radius 1 is 1.35 bits per heavy atom. The van der Waals surface area contributed by atoms with Gasteiger partial charge in [0.2, 0.25) is 11.8 Å². The van der Waals surface area contributed by atoms with Gasteiger partial charge in [0.1, 0.15) is 5.82 Å². The first kappa shape index (κ1) is 17.4. The highest BCUT2D eigenvalue weighted by Crippen LogP contribution is 2.18. The van der Waals surface area contributed by atoms with Crippen LogP contribution in [0, 0.1) is 11.7 Å². The lowest BCUT2D eigenvalue weighted by Gasteiger charge is -2.31. The van der Waals surface area contributed by atoms with Crippen molar-refractivity contribution >= 4 is 11.8 Å². The van der Waals surface area contributed by atoms with E-state index in [1.807, 2.05) is 0 Å². The molecule has 0 aliphatic carbocycles. The van der Waals surface area contributed by atoms with Gasteiger partial charge < -0.3 is 15.0 Å². The van der Waals surface area contributed by atoms with E-state index in [-0.39, 0.29) is 30.0 Å². The second-order valence-electron chi connectivity index (χ2n) is 5.75. The Morgan fingerprint density at radius 3 is 2.74 bits per heavy atom. The fourth-order valence-corrected chi connectivity index (χ4v) is 2.75. The largest absolute Gasteiger partial charge is 0.383 e. The highest BCUT2D eigenvalue weighted by atomic mass is 19.1. The second-order valence-corrected chi connectivity index (χ2v) is 5.75. The molecule has 1 fully saturated rings. The van der Waals surface area contributed by atoms with Crippen molar-refractivity contribution in [1.82, 2.24) is 10.2 Å². The number of hydrogen-bond donors (Lipinski definition) is 1. The molecule has 5 nitrogen and oxygen atoms in total. The van der Waals surface area contributed by atoms with Gasteiger partial charge in [0.15, 0.2) is 0 Å². The summed E-state index contributed by atoms with van der Waals surface area (Å²) >= 11 is 0. The topological polar surface area (TPSA) is 58.6 Å². The number of rotatable bonds is 6. The molecule has 0 bridgehead atoms. The summed E-state index contributed by atoms with van der Waals surface area (Å²) in [6.07, 6.45) is 1.52. The van der Waals surface area contributed by atoms with Crippen LogP contribution in [0.25, 0.3) is 0 Å². The average molecular weight is 322 g/mol. The highest BCUT2D eigenvalue weighted by molar-refractivity contribution is 5.81. The van der Waals surface area contributed by atoms with E-state index < -0.39 is 0 Å². The van der Waals surface area contributed by atoms with Crippen LogP contribution in [0.15, 0.2) is 24.3 Å². The fourth-order valence-electron chi connectivity index (χ4n) is 2.75. The first-order valence-electron chi connectivity index (χ1n) is 7.89. The molecule has 2 rings (SSSR count). The number of likely N-dealkylation sites (tertiary alicyclic amines) is 1.